The zero-order valence-corrected chi connectivity index (χ0v) is 16.8. The Morgan fingerprint density at radius 3 is 2.76 bits per heavy atom. The highest BCUT2D eigenvalue weighted by Crippen LogP contribution is 2.38. The van der Waals surface area contributed by atoms with Crippen molar-refractivity contribution in [3.05, 3.63) is 29.8 Å². The van der Waals surface area contributed by atoms with Gasteiger partial charge in [-0.2, -0.15) is 0 Å². The first-order valence-electron chi connectivity index (χ1n) is 10.0. The normalized spacial score (nSPS) is 23.8. The Kier molecular flexibility index (Phi) is 6.20. The molecule has 2 N–H and O–H groups in total. The van der Waals surface area contributed by atoms with E-state index in [0.29, 0.717) is 12.1 Å². The van der Waals surface area contributed by atoms with E-state index in [2.05, 4.69) is 10.6 Å². The molecule has 1 spiro atoms. The quantitative estimate of drug-likeness (QED) is 0.562. The molecule has 2 atom stereocenters. The maximum Gasteiger partial charge on any atom is 0.326 e. The number of urea groups is 1. The molecule has 2 aliphatic rings. The van der Waals surface area contributed by atoms with Gasteiger partial charge in [0, 0.05) is 5.69 Å². The molecule has 1 heterocycles. The number of nitrogens with zero attached hydrogens (tertiary/aromatic N) is 1. The van der Waals surface area contributed by atoms with Crippen molar-refractivity contribution in [2.45, 2.75) is 51.5 Å². The van der Waals surface area contributed by atoms with E-state index in [-0.39, 0.29) is 11.8 Å². The molecule has 8 heteroatoms. The van der Waals surface area contributed by atoms with Gasteiger partial charge in [-0.05, 0) is 36.8 Å². The zero-order valence-electron chi connectivity index (χ0n) is 16.8. The van der Waals surface area contributed by atoms with Crippen molar-refractivity contribution in [2.75, 3.05) is 18.5 Å². The highest BCUT2D eigenvalue weighted by molar-refractivity contribution is 6.09. The first kappa shape index (κ1) is 20.8. The van der Waals surface area contributed by atoms with Crippen molar-refractivity contribution in [3.8, 4) is 0 Å². The molecule has 4 amide bonds. The Balaban J connectivity index is 1.53. The number of amides is 4. The molecule has 0 radical (unpaired) electrons. The van der Waals surface area contributed by atoms with Gasteiger partial charge in [0.1, 0.15) is 12.1 Å². The molecule has 2 fully saturated rings. The molecular weight excluding hydrogens is 374 g/mol. The standard InChI is InChI=1S/C21H27N3O5/c1-3-15-9-4-5-10-16(15)22-17(25)13-29-18(26)12-24-19(27)21(23-20(24)28)11-7-6-8-14(21)2/h4-5,9-10,14H,3,6-8,11-13H2,1-2H3,(H,22,25)(H,23,28)/t14-,21+/m0/s1. The maximum absolute atomic E-state index is 12.8. The van der Waals surface area contributed by atoms with Crippen molar-refractivity contribution >= 4 is 29.5 Å². The Bertz CT molecular complexity index is 824. The first-order valence-corrected chi connectivity index (χ1v) is 10.0. The van der Waals surface area contributed by atoms with Crippen LogP contribution < -0.4 is 10.6 Å². The Morgan fingerprint density at radius 1 is 1.28 bits per heavy atom. The third kappa shape index (κ3) is 4.26. The van der Waals surface area contributed by atoms with E-state index in [1.807, 2.05) is 26.0 Å². The second-order valence-electron chi connectivity index (χ2n) is 7.66. The van der Waals surface area contributed by atoms with Gasteiger partial charge in [0.15, 0.2) is 6.61 Å². The fraction of sp³-hybridized carbons (Fsp3) is 0.524. The van der Waals surface area contributed by atoms with E-state index in [9.17, 15) is 19.2 Å². The van der Waals surface area contributed by atoms with Crippen LogP contribution in [0.3, 0.4) is 0 Å². The number of para-hydroxylation sites is 1. The monoisotopic (exact) mass is 401 g/mol. The number of ether oxygens (including phenoxy) is 1. The summed E-state index contributed by atoms with van der Waals surface area (Å²) in [5.74, 6) is -1.65. The number of anilines is 1. The summed E-state index contributed by atoms with van der Waals surface area (Å²) in [6, 6.07) is 6.78. The van der Waals surface area contributed by atoms with Crippen LogP contribution in [-0.2, 0) is 25.5 Å². The smallest absolute Gasteiger partial charge is 0.326 e. The summed E-state index contributed by atoms with van der Waals surface area (Å²) in [6.45, 7) is 2.93. The lowest BCUT2D eigenvalue weighted by molar-refractivity contribution is -0.150. The third-order valence-corrected chi connectivity index (χ3v) is 5.83. The molecule has 0 unspecified atom stereocenters. The van der Waals surface area contributed by atoms with Crippen LogP contribution in [0, 0.1) is 5.92 Å². The van der Waals surface area contributed by atoms with Crippen LogP contribution in [0.2, 0.25) is 0 Å². The molecule has 0 aromatic heterocycles. The van der Waals surface area contributed by atoms with Gasteiger partial charge in [-0.3, -0.25) is 19.3 Å². The number of benzene rings is 1. The molecule has 156 valence electrons. The summed E-state index contributed by atoms with van der Waals surface area (Å²) in [4.78, 5) is 50.3. The van der Waals surface area contributed by atoms with Crippen molar-refractivity contribution in [3.63, 3.8) is 0 Å². The van der Waals surface area contributed by atoms with Crippen LogP contribution >= 0.6 is 0 Å². The molecule has 29 heavy (non-hydrogen) atoms. The van der Waals surface area contributed by atoms with Gasteiger partial charge >= 0.3 is 12.0 Å². The van der Waals surface area contributed by atoms with Gasteiger partial charge in [-0.1, -0.05) is 44.9 Å². The number of hydrogen-bond acceptors (Lipinski definition) is 5. The molecular formula is C21H27N3O5. The average molecular weight is 401 g/mol. The number of carbonyl (C=O) groups is 4. The fourth-order valence-corrected chi connectivity index (χ4v) is 4.10. The second-order valence-corrected chi connectivity index (χ2v) is 7.66. The first-order chi connectivity index (χ1) is 13.9. The SMILES string of the molecule is CCc1ccccc1NC(=O)COC(=O)CN1C(=O)N[C@@]2(CCCC[C@@H]2C)C1=O. The highest BCUT2D eigenvalue weighted by Gasteiger charge is 2.55. The molecule has 1 aromatic carbocycles. The number of nitrogens with one attached hydrogen (secondary N) is 2. The molecule has 1 aromatic rings. The largest absolute Gasteiger partial charge is 0.454 e. The van der Waals surface area contributed by atoms with E-state index in [1.54, 1.807) is 12.1 Å². The molecule has 1 saturated heterocycles. The number of rotatable bonds is 6. The minimum atomic E-state index is -0.920. The van der Waals surface area contributed by atoms with Crippen LogP contribution in [0.15, 0.2) is 24.3 Å². The fourth-order valence-electron chi connectivity index (χ4n) is 4.10. The molecule has 8 nitrogen and oxygen atoms in total. The van der Waals surface area contributed by atoms with E-state index in [4.69, 9.17) is 4.74 Å². The summed E-state index contributed by atoms with van der Waals surface area (Å²) in [5, 5.41) is 5.49. The Hall–Kier alpha value is -2.90. The van der Waals surface area contributed by atoms with Crippen molar-refractivity contribution in [1.82, 2.24) is 10.2 Å². The predicted molar refractivity (Wildman–Crippen MR) is 106 cm³/mol. The van der Waals surface area contributed by atoms with Crippen LogP contribution in [0.25, 0.3) is 0 Å². The number of imide groups is 1. The van der Waals surface area contributed by atoms with Gasteiger partial charge in [0.05, 0.1) is 0 Å². The van der Waals surface area contributed by atoms with Crippen LogP contribution in [0.4, 0.5) is 10.5 Å². The van der Waals surface area contributed by atoms with E-state index >= 15 is 0 Å². The molecule has 1 aliphatic carbocycles. The van der Waals surface area contributed by atoms with Gasteiger partial charge in [-0.15, -0.1) is 0 Å². The summed E-state index contributed by atoms with van der Waals surface area (Å²) in [5.41, 5.74) is 0.716. The van der Waals surface area contributed by atoms with E-state index < -0.39 is 36.6 Å². The minimum absolute atomic E-state index is 0.0122. The minimum Gasteiger partial charge on any atom is -0.454 e. The van der Waals surface area contributed by atoms with Crippen LogP contribution in [0.1, 0.15) is 45.1 Å². The number of carbonyl (C=O) groups excluding carboxylic acids is 4. The average Bonchev–Trinajstić information content (AvgIpc) is 2.94. The molecule has 3 rings (SSSR count). The molecule has 1 saturated carbocycles. The molecule has 1 aliphatic heterocycles. The third-order valence-electron chi connectivity index (χ3n) is 5.83. The topological polar surface area (TPSA) is 105 Å². The van der Waals surface area contributed by atoms with E-state index in [0.717, 1.165) is 36.1 Å². The summed E-state index contributed by atoms with van der Waals surface area (Å²) < 4.78 is 4.99. The predicted octanol–water partition coefficient (Wildman–Crippen LogP) is 2.23. The number of aryl methyl sites for hydroxylation is 1. The van der Waals surface area contributed by atoms with Gasteiger partial charge in [0.25, 0.3) is 11.8 Å². The maximum atomic E-state index is 12.8. The Labute approximate surface area is 170 Å². The van der Waals surface area contributed by atoms with Crippen molar-refractivity contribution < 1.29 is 23.9 Å². The number of esters is 1. The summed E-state index contributed by atoms with van der Waals surface area (Å²) >= 11 is 0. The second kappa shape index (κ2) is 8.63. The van der Waals surface area contributed by atoms with Gasteiger partial charge in [-0.25, -0.2) is 4.79 Å². The van der Waals surface area contributed by atoms with Crippen molar-refractivity contribution in [1.29, 1.82) is 0 Å². The lowest BCUT2D eigenvalue weighted by atomic mass is 9.73. The number of hydrogen-bond donors (Lipinski definition) is 2. The van der Waals surface area contributed by atoms with Crippen LogP contribution in [0.5, 0.6) is 0 Å². The summed E-state index contributed by atoms with van der Waals surface area (Å²) in [7, 11) is 0. The van der Waals surface area contributed by atoms with Gasteiger partial charge < -0.3 is 15.4 Å². The lowest BCUT2D eigenvalue weighted by Crippen LogP contribution is -2.54. The van der Waals surface area contributed by atoms with Gasteiger partial charge in [0.2, 0.25) is 0 Å². The van der Waals surface area contributed by atoms with E-state index in [1.165, 1.54) is 0 Å². The highest BCUT2D eigenvalue weighted by atomic mass is 16.5. The zero-order chi connectivity index (χ0) is 21.0. The summed E-state index contributed by atoms with van der Waals surface area (Å²) in [6.07, 6.45) is 4.05. The Morgan fingerprint density at radius 2 is 2.03 bits per heavy atom. The lowest BCUT2D eigenvalue weighted by Gasteiger charge is -2.36. The molecule has 0 bridgehead atoms. The van der Waals surface area contributed by atoms with Crippen molar-refractivity contribution in [2.24, 2.45) is 5.92 Å². The van der Waals surface area contributed by atoms with Crippen LogP contribution in [-0.4, -0.2) is 47.4 Å².